The second-order valence-corrected chi connectivity index (χ2v) is 4.59. The van der Waals surface area contributed by atoms with Gasteiger partial charge in [0.2, 0.25) is 0 Å². The summed E-state index contributed by atoms with van der Waals surface area (Å²) in [5.41, 5.74) is 3.51. The van der Waals surface area contributed by atoms with Crippen molar-refractivity contribution >= 4 is 17.4 Å². The smallest absolute Gasteiger partial charge is 0.118 e. The fraction of sp³-hybridized carbons (Fsp3) is 0.0769. The van der Waals surface area contributed by atoms with Gasteiger partial charge in [-0.1, -0.05) is 11.8 Å². The van der Waals surface area contributed by atoms with E-state index in [1.807, 2.05) is 48.5 Å². The van der Waals surface area contributed by atoms with Crippen LogP contribution >= 0.6 is 11.8 Å². The van der Waals surface area contributed by atoms with E-state index >= 15 is 0 Å². The van der Waals surface area contributed by atoms with Crippen LogP contribution in [0, 0.1) is 0 Å². The molecule has 0 aliphatic rings. The van der Waals surface area contributed by atoms with Crippen molar-refractivity contribution in [1.29, 1.82) is 0 Å². The van der Waals surface area contributed by atoms with E-state index in [4.69, 9.17) is 10.6 Å². The quantitative estimate of drug-likeness (QED) is 0.642. The van der Waals surface area contributed by atoms with Crippen molar-refractivity contribution in [2.75, 3.05) is 12.5 Å². The number of nitrogens with one attached hydrogen (secondary N) is 1. The molecule has 4 heteroatoms. The first-order valence-electron chi connectivity index (χ1n) is 5.20. The van der Waals surface area contributed by atoms with Crippen LogP contribution in [0.15, 0.2) is 58.3 Å². The highest BCUT2D eigenvalue weighted by atomic mass is 32.2. The molecule has 0 heterocycles. The third-order valence-corrected chi connectivity index (χ3v) is 3.33. The highest BCUT2D eigenvalue weighted by Gasteiger charge is 1.98. The highest BCUT2D eigenvalue weighted by molar-refractivity contribution is 7.99. The van der Waals surface area contributed by atoms with Crippen LogP contribution in [0.2, 0.25) is 0 Å². The molecule has 0 aliphatic heterocycles. The van der Waals surface area contributed by atoms with E-state index in [2.05, 4.69) is 5.43 Å². The van der Waals surface area contributed by atoms with Gasteiger partial charge in [-0.3, -0.25) is 5.84 Å². The van der Waals surface area contributed by atoms with Gasteiger partial charge in [0, 0.05) is 15.5 Å². The van der Waals surface area contributed by atoms with Gasteiger partial charge in [0.1, 0.15) is 5.75 Å². The molecule has 88 valence electrons. The number of benzene rings is 2. The lowest BCUT2D eigenvalue weighted by molar-refractivity contribution is 0.414. The van der Waals surface area contributed by atoms with Crippen molar-refractivity contribution in [3.8, 4) is 5.75 Å². The van der Waals surface area contributed by atoms with Crippen molar-refractivity contribution in [3.05, 3.63) is 48.5 Å². The van der Waals surface area contributed by atoms with Crippen molar-refractivity contribution < 1.29 is 4.74 Å². The summed E-state index contributed by atoms with van der Waals surface area (Å²) in [4.78, 5) is 2.36. The van der Waals surface area contributed by atoms with E-state index in [-0.39, 0.29) is 0 Å². The highest BCUT2D eigenvalue weighted by Crippen LogP contribution is 2.29. The Bertz CT molecular complexity index is 422. The molecule has 3 N–H and O–H groups in total. The molecule has 0 amide bonds. The van der Waals surface area contributed by atoms with Crippen LogP contribution in [0.25, 0.3) is 0 Å². The zero-order valence-electron chi connectivity index (χ0n) is 9.51. The Morgan fingerprint density at radius 3 is 1.94 bits per heavy atom. The van der Waals surface area contributed by atoms with Crippen LogP contribution in [0.4, 0.5) is 5.69 Å². The normalized spacial score (nSPS) is 10.0. The molecule has 0 saturated heterocycles. The van der Waals surface area contributed by atoms with Gasteiger partial charge < -0.3 is 10.2 Å². The summed E-state index contributed by atoms with van der Waals surface area (Å²) >= 11 is 1.70. The number of ether oxygens (including phenoxy) is 1. The molecule has 17 heavy (non-hydrogen) atoms. The summed E-state index contributed by atoms with van der Waals surface area (Å²) in [6.45, 7) is 0. The average molecular weight is 246 g/mol. The zero-order chi connectivity index (χ0) is 12.1. The maximum absolute atomic E-state index is 5.31. The summed E-state index contributed by atoms with van der Waals surface area (Å²) in [6, 6.07) is 16.0. The molecule has 3 nitrogen and oxygen atoms in total. The molecule has 0 spiro atoms. The molecule has 2 rings (SSSR count). The minimum atomic E-state index is 0.872. The Morgan fingerprint density at radius 1 is 0.941 bits per heavy atom. The lowest BCUT2D eigenvalue weighted by Gasteiger charge is -2.04. The lowest BCUT2D eigenvalue weighted by Crippen LogP contribution is -2.05. The predicted octanol–water partition coefficient (Wildman–Crippen LogP) is 3.13. The Kier molecular flexibility index (Phi) is 3.90. The van der Waals surface area contributed by atoms with Crippen molar-refractivity contribution in [2.24, 2.45) is 5.84 Å². The second-order valence-electron chi connectivity index (χ2n) is 3.45. The van der Waals surface area contributed by atoms with Crippen molar-refractivity contribution in [2.45, 2.75) is 9.79 Å². The Balaban J connectivity index is 2.08. The van der Waals surface area contributed by atoms with Crippen molar-refractivity contribution in [3.63, 3.8) is 0 Å². The minimum Gasteiger partial charge on any atom is -0.497 e. The SMILES string of the molecule is COc1ccc(Sc2ccc(NN)cc2)cc1. The number of rotatable bonds is 4. The number of hydrogen-bond acceptors (Lipinski definition) is 4. The number of nitrogens with two attached hydrogens (primary N) is 1. The molecule has 0 radical (unpaired) electrons. The van der Waals surface area contributed by atoms with Crippen LogP contribution in [0.3, 0.4) is 0 Å². The van der Waals surface area contributed by atoms with Crippen molar-refractivity contribution in [1.82, 2.24) is 0 Å². The molecule has 2 aromatic carbocycles. The molecule has 0 saturated carbocycles. The van der Waals surface area contributed by atoms with Gasteiger partial charge in [0.15, 0.2) is 0 Å². The molecule has 0 aliphatic carbocycles. The van der Waals surface area contributed by atoms with E-state index in [0.717, 1.165) is 11.4 Å². The van der Waals surface area contributed by atoms with Gasteiger partial charge in [-0.15, -0.1) is 0 Å². The number of hydrogen-bond donors (Lipinski definition) is 2. The zero-order valence-corrected chi connectivity index (χ0v) is 10.3. The van der Waals surface area contributed by atoms with Crippen LogP contribution in [0.5, 0.6) is 5.75 Å². The molecule has 0 aromatic heterocycles. The molecule has 0 bridgehead atoms. The van der Waals surface area contributed by atoms with E-state index in [0.29, 0.717) is 0 Å². The van der Waals surface area contributed by atoms with Crippen LogP contribution in [0.1, 0.15) is 0 Å². The number of nitrogen functional groups attached to an aromatic ring is 1. The summed E-state index contributed by atoms with van der Waals surface area (Å²) in [6.07, 6.45) is 0. The van der Waals surface area contributed by atoms with E-state index in [1.165, 1.54) is 9.79 Å². The molecular weight excluding hydrogens is 232 g/mol. The third kappa shape index (κ3) is 3.15. The largest absolute Gasteiger partial charge is 0.497 e. The number of anilines is 1. The lowest BCUT2D eigenvalue weighted by atomic mass is 10.3. The Morgan fingerprint density at radius 2 is 1.47 bits per heavy atom. The standard InChI is InChI=1S/C13H14N2OS/c1-16-11-4-8-13(9-5-11)17-12-6-2-10(15-14)3-7-12/h2-9,15H,14H2,1H3. The summed E-state index contributed by atoms with van der Waals surface area (Å²) in [7, 11) is 1.67. The fourth-order valence-electron chi connectivity index (χ4n) is 1.40. The monoisotopic (exact) mass is 246 g/mol. The molecule has 0 fully saturated rings. The van der Waals surface area contributed by atoms with Gasteiger partial charge in [-0.25, -0.2) is 0 Å². The predicted molar refractivity (Wildman–Crippen MR) is 71.4 cm³/mol. The minimum absolute atomic E-state index is 0.872. The maximum Gasteiger partial charge on any atom is 0.118 e. The molecule has 2 aromatic rings. The molecular formula is C13H14N2OS. The van der Waals surface area contributed by atoms with Gasteiger partial charge in [0.05, 0.1) is 7.11 Å². The van der Waals surface area contributed by atoms with Gasteiger partial charge in [-0.05, 0) is 48.5 Å². The van der Waals surface area contributed by atoms with Gasteiger partial charge in [-0.2, -0.15) is 0 Å². The number of methoxy groups -OCH3 is 1. The first-order chi connectivity index (χ1) is 8.31. The van der Waals surface area contributed by atoms with E-state index in [9.17, 15) is 0 Å². The first-order valence-corrected chi connectivity index (χ1v) is 6.02. The first kappa shape index (κ1) is 11.8. The third-order valence-electron chi connectivity index (χ3n) is 2.32. The van der Waals surface area contributed by atoms with Crippen LogP contribution in [-0.4, -0.2) is 7.11 Å². The summed E-state index contributed by atoms with van der Waals surface area (Å²) in [5, 5.41) is 0. The second kappa shape index (κ2) is 5.61. The van der Waals surface area contributed by atoms with Crippen LogP contribution in [-0.2, 0) is 0 Å². The fourth-order valence-corrected chi connectivity index (χ4v) is 2.22. The average Bonchev–Trinajstić information content (AvgIpc) is 2.40. The topological polar surface area (TPSA) is 47.3 Å². The summed E-state index contributed by atoms with van der Waals surface area (Å²) < 4.78 is 5.12. The van der Waals surface area contributed by atoms with E-state index < -0.39 is 0 Å². The molecule has 0 atom stereocenters. The summed E-state index contributed by atoms with van der Waals surface area (Å²) in [5.74, 6) is 6.19. The Hall–Kier alpha value is -1.65. The molecule has 0 unspecified atom stereocenters. The van der Waals surface area contributed by atoms with E-state index in [1.54, 1.807) is 18.9 Å². The van der Waals surface area contributed by atoms with Gasteiger partial charge in [0.25, 0.3) is 0 Å². The maximum atomic E-state index is 5.31. The Labute approximate surface area is 105 Å². The number of hydrazine groups is 1. The van der Waals surface area contributed by atoms with Crippen LogP contribution < -0.4 is 16.0 Å². The van der Waals surface area contributed by atoms with Gasteiger partial charge >= 0.3 is 0 Å².